The molecule has 2 aromatic rings. The lowest BCUT2D eigenvalue weighted by molar-refractivity contribution is -0.126. The summed E-state index contributed by atoms with van der Waals surface area (Å²) in [4.78, 5) is 31.7. The molecule has 0 saturated carbocycles. The molecule has 2 amide bonds. The molecule has 1 aliphatic heterocycles. The van der Waals surface area contributed by atoms with Crippen LogP contribution in [0.2, 0.25) is 0 Å². The fourth-order valence-electron chi connectivity index (χ4n) is 2.89. The standard InChI is InChI=1S/C18H22N4O2S/c1-5-21-11-10-19-17(21)25-12(2)15(23)22-14-9-7-6-8-13(14)20-16(24)18(22,3)4/h6-12H,5H2,1-4H3,(H,20,24). The Hall–Kier alpha value is -2.28. The van der Waals surface area contributed by atoms with E-state index in [-0.39, 0.29) is 17.1 Å². The first-order chi connectivity index (χ1) is 11.9. The van der Waals surface area contributed by atoms with E-state index in [1.807, 2.05) is 48.9 Å². The molecule has 3 rings (SSSR count). The van der Waals surface area contributed by atoms with Crippen molar-refractivity contribution in [3.63, 3.8) is 0 Å². The lowest BCUT2D eigenvalue weighted by Gasteiger charge is -2.43. The second kappa shape index (κ2) is 6.55. The molecule has 1 aromatic carbocycles. The van der Waals surface area contributed by atoms with Gasteiger partial charge in [0, 0.05) is 18.9 Å². The van der Waals surface area contributed by atoms with Crippen molar-refractivity contribution in [1.29, 1.82) is 0 Å². The van der Waals surface area contributed by atoms with Gasteiger partial charge in [-0.25, -0.2) is 4.98 Å². The average molecular weight is 358 g/mol. The topological polar surface area (TPSA) is 67.2 Å². The van der Waals surface area contributed by atoms with E-state index in [4.69, 9.17) is 0 Å². The second-order valence-electron chi connectivity index (χ2n) is 6.46. The maximum Gasteiger partial charge on any atom is 0.250 e. The maximum atomic E-state index is 13.2. The molecule has 25 heavy (non-hydrogen) atoms. The van der Waals surface area contributed by atoms with Gasteiger partial charge in [0.25, 0.3) is 0 Å². The third-order valence-corrected chi connectivity index (χ3v) is 5.48. The van der Waals surface area contributed by atoms with Crippen molar-refractivity contribution in [2.24, 2.45) is 0 Å². The van der Waals surface area contributed by atoms with Gasteiger partial charge < -0.3 is 9.88 Å². The molecule has 132 valence electrons. The van der Waals surface area contributed by atoms with Gasteiger partial charge in [0.05, 0.1) is 16.6 Å². The number of hydrogen-bond donors (Lipinski definition) is 1. The number of amides is 2. The fourth-order valence-corrected chi connectivity index (χ4v) is 3.86. The van der Waals surface area contributed by atoms with Gasteiger partial charge in [0.1, 0.15) is 5.54 Å². The Bertz CT molecular complexity index is 815. The smallest absolute Gasteiger partial charge is 0.250 e. The van der Waals surface area contributed by atoms with Gasteiger partial charge in [0.2, 0.25) is 11.8 Å². The number of imidazole rings is 1. The van der Waals surface area contributed by atoms with Crippen LogP contribution in [0.4, 0.5) is 11.4 Å². The number of para-hydroxylation sites is 2. The van der Waals surface area contributed by atoms with Crippen LogP contribution in [-0.4, -0.2) is 32.2 Å². The molecule has 0 saturated heterocycles. The van der Waals surface area contributed by atoms with E-state index in [0.29, 0.717) is 5.69 Å². The van der Waals surface area contributed by atoms with Gasteiger partial charge >= 0.3 is 0 Å². The summed E-state index contributed by atoms with van der Waals surface area (Å²) < 4.78 is 2.00. The Balaban J connectivity index is 1.93. The molecular formula is C18H22N4O2S. The third-order valence-electron chi connectivity index (χ3n) is 4.38. The Morgan fingerprint density at radius 1 is 1.36 bits per heavy atom. The highest BCUT2D eigenvalue weighted by Gasteiger charge is 2.44. The summed E-state index contributed by atoms with van der Waals surface area (Å²) in [5.74, 6) is -0.297. The van der Waals surface area contributed by atoms with Crippen LogP contribution in [0.15, 0.2) is 41.8 Å². The van der Waals surface area contributed by atoms with Gasteiger partial charge in [-0.15, -0.1) is 0 Å². The van der Waals surface area contributed by atoms with Crippen molar-refractivity contribution >= 4 is 35.0 Å². The van der Waals surface area contributed by atoms with Crippen LogP contribution >= 0.6 is 11.8 Å². The summed E-state index contributed by atoms with van der Waals surface area (Å²) in [6, 6.07) is 7.38. The molecule has 1 aromatic heterocycles. The molecule has 0 radical (unpaired) electrons. The van der Waals surface area contributed by atoms with Crippen molar-refractivity contribution in [1.82, 2.24) is 9.55 Å². The van der Waals surface area contributed by atoms with E-state index >= 15 is 0 Å². The molecular weight excluding hydrogens is 336 g/mol. The average Bonchev–Trinajstić information content (AvgIpc) is 3.02. The monoisotopic (exact) mass is 358 g/mol. The maximum absolute atomic E-state index is 13.2. The van der Waals surface area contributed by atoms with Crippen LogP contribution in [0.1, 0.15) is 27.7 Å². The van der Waals surface area contributed by atoms with Crippen LogP contribution < -0.4 is 10.2 Å². The predicted molar refractivity (Wildman–Crippen MR) is 99.9 cm³/mol. The Morgan fingerprint density at radius 2 is 2.08 bits per heavy atom. The van der Waals surface area contributed by atoms with E-state index in [1.165, 1.54) is 11.8 Å². The van der Waals surface area contributed by atoms with Crippen molar-refractivity contribution in [3.8, 4) is 0 Å². The zero-order valence-corrected chi connectivity index (χ0v) is 15.6. The number of carbonyl (C=O) groups excluding carboxylic acids is 2. The number of benzene rings is 1. The van der Waals surface area contributed by atoms with Crippen LogP contribution in [0.3, 0.4) is 0 Å². The van der Waals surface area contributed by atoms with Crippen LogP contribution in [0.25, 0.3) is 0 Å². The van der Waals surface area contributed by atoms with E-state index < -0.39 is 5.54 Å². The third kappa shape index (κ3) is 3.04. The molecule has 0 spiro atoms. The molecule has 0 fully saturated rings. The van der Waals surface area contributed by atoms with Crippen molar-refractivity contribution in [2.75, 3.05) is 10.2 Å². The first-order valence-electron chi connectivity index (χ1n) is 8.28. The second-order valence-corrected chi connectivity index (χ2v) is 7.77. The summed E-state index contributed by atoms with van der Waals surface area (Å²) >= 11 is 1.41. The van der Waals surface area contributed by atoms with E-state index in [9.17, 15) is 9.59 Å². The molecule has 1 N–H and O–H groups in total. The van der Waals surface area contributed by atoms with Gasteiger partial charge in [-0.2, -0.15) is 0 Å². The number of nitrogens with one attached hydrogen (secondary N) is 1. The van der Waals surface area contributed by atoms with Gasteiger partial charge in [-0.3, -0.25) is 14.5 Å². The first-order valence-corrected chi connectivity index (χ1v) is 9.16. The fraction of sp³-hybridized carbons (Fsp3) is 0.389. The number of rotatable bonds is 4. The zero-order chi connectivity index (χ0) is 18.2. The van der Waals surface area contributed by atoms with E-state index in [2.05, 4.69) is 10.3 Å². The van der Waals surface area contributed by atoms with E-state index in [1.54, 1.807) is 24.9 Å². The minimum Gasteiger partial charge on any atom is -0.326 e. The van der Waals surface area contributed by atoms with Crippen molar-refractivity contribution in [2.45, 2.75) is 50.2 Å². The molecule has 0 aliphatic carbocycles. The lowest BCUT2D eigenvalue weighted by atomic mass is 9.96. The first kappa shape index (κ1) is 17.5. The summed E-state index contributed by atoms with van der Waals surface area (Å²) in [5.41, 5.74) is 0.427. The summed E-state index contributed by atoms with van der Waals surface area (Å²) in [7, 11) is 0. The molecule has 1 unspecified atom stereocenters. The Kier molecular flexibility index (Phi) is 4.60. The number of carbonyl (C=O) groups is 2. The van der Waals surface area contributed by atoms with E-state index in [0.717, 1.165) is 17.4 Å². The summed E-state index contributed by atoms with van der Waals surface area (Å²) in [5, 5.41) is 3.31. The molecule has 1 aliphatic rings. The molecule has 2 heterocycles. The number of aromatic nitrogens is 2. The highest BCUT2D eigenvalue weighted by molar-refractivity contribution is 8.00. The number of aryl methyl sites for hydroxylation is 1. The molecule has 0 bridgehead atoms. The number of fused-ring (bicyclic) bond motifs is 1. The van der Waals surface area contributed by atoms with Crippen molar-refractivity contribution < 1.29 is 9.59 Å². The van der Waals surface area contributed by atoms with Crippen LogP contribution in [-0.2, 0) is 16.1 Å². The lowest BCUT2D eigenvalue weighted by Crippen LogP contribution is -2.60. The van der Waals surface area contributed by atoms with Gasteiger partial charge in [0.15, 0.2) is 5.16 Å². The van der Waals surface area contributed by atoms with Crippen LogP contribution in [0, 0.1) is 0 Å². The highest BCUT2D eigenvalue weighted by Crippen LogP contribution is 2.38. The molecule has 1 atom stereocenters. The molecule has 6 nitrogen and oxygen atoms in total. The van der Waals surface area contributed by atoms with Gasteiger partial charge in [-0.1, -0.05) is 23.9 Å². The van der Waals surface area contributed by atoms with Gasteiger partial charge in [-0.05, 0) is 39.8 Å². The zero-order valence-electron chi connectivity index (χ0n) is 14.8. The number of anilines is 2. The number of thioether (sulfide) groups is 1. The summed E-state index contributed by atoms with van der Waals surface area (Å²) in [6.07, 6.45) is 3.63. The van der Waals surface area contributed by atoms with Crippen molar-refractivity contribution in [3.05, 3.63) is 36.7 Å². The Labute approximate surface area is 151 Å². The molecule has 7 heteroatoms. The van der Waals surface area contributed by atoms with Crippen LogP contribution in [0.5, 0.6) is 0 Å². The minimum atomic E-state index is -0.958. The summed E-state index contributed by atoms with van der Waals surface area (Å²) in [6.45, 7) is 8.21. The quantitative estimate of drug-likeness (QED) is 0.853. The highest BCUT2D eigenvalue weighted by atomic mass is 32.2. The number of nitrogens with zero attached hydrogens (tertiary/aromatic N) is 3. The number of hydrogen-bond acceptors (Lipinski definition) is 4. The largest absolute Gasteiger partial charge is 0.326 e. The minimum absolute atomic E-state index is 0.108. The SMILES string of the molecule is CCn1ccnc1SC(C)C(=O)N1c2ccccc2NC(=O)C1(C)C. The predicted octanol–water partition coefficient (Wildman–Crippen LogP) is 3.15. The Morgan fingerprint density at radius 3 is 2.80 bits per heavy atom. The normalized spacial score (nSPS) is 17.0.